The standard InChI is InChI=1S/C15H19NO3S/c1-8-5-13(10(3)19-8)9(2)16-7-12-6-14(15(17)18)20-11(12)4/h5-6,9,16H,7H2,1-4H3,(H,17,18). The van der Waals surface area contributed by atoms with Crippen LogP contribution in [-0.2, 0) is 6.54 Å². The van der Waals surface area contributed by atoms with Crippen LogP contribution in [-0.4, -0.2) is 11.1 Å². The smallest absolute Gasteiger partial charge is 0.345 e. The van der Waals surface area contributed by atoms with Crippen molar-refractivity contribution in [3.8, 4) is 0 Å². The molecule has 2 heterocycles. The predicted octanol–water partition coefficient (Wildman–Crippen LogP) is 3.82. The van der Waals surface area contributed by atoms with Crippen molar-refractivity contribution in [1.29, 1.82) is 0 Å². The zero-order valence-corrected chi connectivity index (χ0v) is 12.9. The van der Waals surface area contributed by atoms with Gasteiger partial charge in [-0.25, -0.2) is 4.79 Å². The minimum atomic E-state index is -0.862. The fraction of sp³-hybridized carbons (Fsp3) is 0.400. The van der Waals surface area contributed by atoms with E-state index in [1.54, 1.807) is 6.07 Å². The zero-order valence-electron chi connectivity index (χ0n) is 12.1. The molecule has 108 valence electrons. The van der Waals surface area contributed by atoms with Crippen molar-refractivity contribution in [3.63, 3.8) is 0 Å². The maximum Gasteiger partial charge on any atom is 0.345 e. The van der Waals surface area contributed by atoms with Gasteiger partial charge in [0.05, 0.1) is 0 Å². The third kappa shape index (κ3) is 3.11. The fourth-order valence-corrected chi connectivity index (χ4v) is 3.13. The van der Waals surface area contributed by atoms with Gasteiger partial charge in [0.1, 0.15) is 16.4 Å². The summed E-state index contributed by atoms with van der Waals surface area (Å²) in [7, 11) is 0. The van der Waals surface area contributed by atoms with Crippen LogP contribution in [0.15, 0.2) is 16.5 Å². The van der Waals surface area contributed by atoms with Crippen LogP contribution in [0.2, 0.25) is 0 Å². The van der Waals surface area contributed by atoms with E-state index < -0.39 is 5.97 Å². The fourth-order valence-electron chi connectivity index (χ4n) is 2.25. The number of aryl methyl sites for hydroxylation is 3. The molecule has 2 aromatic rings. The molecule has 1 unspecified atom stereocenters. The molecule has 0 aliphatic rings. The summed E-state index contributed by atoms with van der Waals surface area (Å²) in [4.78, 5) is 12.4. The Labute approximate surface area is 122 Å². The lowest BCUT2D eigenvalue weighted by molar-refractivity contribution is 0.0702. The van der Waals surface area contributed by atoms with Crippen molar-refractivity contribution < 1.29 is 14.3 Å². The van der Waals surface area contributed by atoms with E-state index in [1.807, 2.05) is 26.8 Å². The first-order valence-corrected chi connectivity index (χ1v) is 7.33. The van der Waals surface area contributed by atoms with Gasteiger partial charge in [0.25, 0.3) is 0 Å². The summed E-state index contributed by atoms with van der Waals surface area (Å²) in [5, 5.41) is 12.4. The molecule has 0 aliphatic heterocycles. The van der Waals surface area contributed by atoms with Crippen LogP contribution in [0.5, 0.6) is 0 Å². The topological polar surface area (TPSA) is 62.5 Å². The SMILES string of the molecule is Cc1cc(C(C)NCc2cc(C(=O)O)sc2C)c(C)o1. The Kier molecular flexibility index (Phi) is 4.30. The Bertz CT molecular complexity index is 627. The summed E-state index contributed by atoms with van der Waals surface area (Å²) in [5.41, 5.74) is 2.19. The molecule has 2 rings (SSSR count). The molecule has 4 nitrogen and oxygen atoms in total. The summed E-state index contributed by atoms with van der Waals surface area (Å²) in [5.74, 6) is 0.973. The second-order valence-corrected chi connectivity index (χ2v) is 6.22. The Morgan fingerprint density at radius 1 is 1.40 bits per heavy atom. The molecule has 2 aromatic heterocycles. The largest absolute Gasteiger partial charge is 0.477 e. The Morgan fingerprint density at radius 3 is 2.60 bits per heavy atom. The number of hydrogen-bond acceptors (Lipinski definition) is 4. The van der Waals surface area contributed by atoms with E-state index >= 15 is 0 Å². The number of aromatic carboxylic acids is 1. The van der Waals surface area contributed by atoms with E-state index in [0.29, 0.717) is 11.4 Å². The van der Waals surface area contributed by atoms with Crippen molar-refractivity contribution >= 4 is 17.3 Å². The molecule has 0 bridgehead atoms. The number of rotatable bonds is 5. The van der Waals surface area contributed by atoms with Gasteiger partial charge in [-0.2, -0.15) is 0 Å². The van der Waals surface area contributed by atoms with Gasteiger partial charge >= 0.3 is 5.97 Å². The van der Waals surface area contributed by atoms with E-state index in [-0.39, 0.29) is 6.04 Å². The molecule has 2 N–H and O–H groups in total. The van der Waals surface area contributed by atoms with E-state index in [2.05, 4.69) is 12.2 Å². The Morgan fingerprint density at radius 2 is 2.10 bits per heavy atom. The highest BCUT2D eigenvalue weighted by atomic mass is 32.1. The van der Waals surface area contributed by atoms with Crippen molar-refractivity contribution in [2.24, 2.45) is 0 Å². The third-order valence-corrected chi connectivity index (χ3v) is 4.46. The van der Waals surface area contributed by atoms with Crippen molar-refractivity contribution in [1.82, 2.24) is 5.32 Å². The number of carboxylic acids is 1. The summed E-state index contributed by atoms with van der Waals surface area (Å²) >= 11 is 1.32. The van der Waals surface area contributed by atoms with Gasteiger partial charge in [-0.05, 0) is 45.4 Å². The average molecular weight is 293 g/mol. The van der Waals surface area contributed by atoms with Crippen LogP contribution in [0.4, 0.5) is 0 Å². The summed E-state index contributed by atoms with van der Waals surface area (Å²) < 4.78 is 5.53. The van der Waals surface area contributed by atoms with Crippen molar-refractivity contribution in [3.05, 3.63) is 44.5 Å². The number of hydrogen-bond donors (Lipinski definition) is 2. The second-order valence-electron chi connectivity index (χ2n) is 4.97. The molecule has 5 heteroatoms. The van der Waals surface area contributed by atoms with Gasteiger partial charge in [0.2, 0.25) is 0 Å². The lowest BCUT2D eigenvalue weighted by atomic mass is 10.1. The van der Waals surface area contributed by atoms with Gasteiger partial charge in [0.15, 0.2) is 0 Å². The molecule has 0 aliphatic carbocycles. The second kappa shape index (κ2) is 5.81. The molecule has 1 atom stereocenters. The maximum atomic E-state index is 11.0. The maximum absolute atomic E-state index is 11.0. The normalized spacial score (nSPS) is 12.6. The van der Waals surface area contributed by atoms with Crippen molar-refractivity contribution in [2.75, 3.05) is 0 Å². The van der Waals surface area contributed by atoms with Gasteiger partial charge in [-0.3, -0.25) is 0 Å². The molecule has 0 amide bonds. The van der Waals surface area contributed by atoms with E-state index in [1.165, 1.54) is 11.3 Å². The lowest BCUT2D eigenvalue weighted by Gasteiger charge is -2.12. The van der Waals surface area contributed by atoms with E-state index in [0.717, 1.165) is 27.5 Å². The first-order chi connectivity index (χ1) is 9.38. The minimum Gasteiger partial charge on any atom is -0.477 e. The highest BCUT2D eigenvalue weighted by Crippen LogP contribution is 2.24. The predicted molar refractivity (Wildman–Crippen MR) is 79.5 cm³/mol. The zero-order chi connectivity index (χ0) is 14.9. The van der Waals surface area contributed by atoms with Crippen LogP contribution in [0.3, 0.4) is 0 Å². The molecule has 0 fully saturated rings. The summed E-state index contributed by atoms with van der Waals surface area (Å²) in [6.45, 7) is 8.58. The van der Waals surface area contributed by atoms with Gasteiger partial charge in [-0.15, -0.1) is 11.3 Å². The monoisotopic (exact) mass is 293 g/mol. The average Bonchev–Trinajstić information content (AvgIpc) is 2.89. The number of nitrogens with one attached hydrogen (secondary N) is 1. The van der Waals surface area contributed by atoms with Crippen LogP contribution in [0, 0.1) is 20.8 Å². The molecule has 0 saturated carbocycles. The van der Waals surface area contributed by atoms with Crippen LogP contribution in [0.25, 0.3) is 0 Å². The van der Waals surface area contributed by atoms with Crippen LogP contribution < -0.4 is 5.32 Å². The highest BCUT2D eigenvalue weighted by Gasteiger charge is 2.14. The Balaban J connectivity index is 2.05. The van der Waals surface area contributed by atoms with E-state index in [4.69, 9.17) is 9.52 Å². The molecule has 0 radical (unpaired) electrons. The molecule has 20 heavy (non-hydrogen) atoms. The van der Waals surface area contributed by atoms with Gasteiger partial charge in [0, 0.05) is 23.0 Å². The first-order valence-electron chi connectivity index (χ1n) is 6.51. The van der Waals surface area contributed by atoms with Crippen LogP contribution >= 0.6 is 11.3 Å². The summed E-state index contributed by atoms with van der Waals surface area (Å²) in [6, 6.07) is 3.95. The number of furan rings is 1. The van der Waals surface area contributed by atoms with Crippen LogP contribution in [0.1, 0.15) is 50.2 Å². The lowest BCUT2D eigenvalue weighted by Crippen LogP contribution is -2.18. The van der Waals surface area contributed by atoms with Crippen molar-refractivity contribution in [2.45, 2.75) is 40.3 Å². The highest BCUT2D eigenvalue weighted by molar-refractivity contribution is 7.14. The molecule has 0 aromatic carbocycles. The molecule has 0 saturated heterocycles. The molecular formula is C15H19NO3S. The van der Waals surface area contributed by atoms with E-state index in [9.17, 15) is 4.79 Å². The van der Waals surface area contributed by atoms with Gasteiger partial charge in [-0.1, -0.05) is 0 Å². The minimum absolute atomic E-state index is 0.167. The van der Waals surface area contributed by atoms with Gasteiger partial charge < -0.3 is 14.8 Å². The Hall–Kier alpha value is -1.59. The summed E-state index contributed by atoms with van der Waals surface area (Å²) in [6.07, 6.45) is 0. The number of thiophene rings is 1. The molecular weight excluding hydrogens is 274 g/mol. The first kappa shape index (κ1) is 14.8. The molecule has 0 spiro atoms. The number of carboxylic acid groups (broad SMARTS) is 1. The quantitative estimate of drug-likeness (QED) is 0.879. The third-order valence-electron chi connectivity index (χ3n) is 3.38. The number of carbonyl (C=O) groups is 1.